The summed E-state index contributed by atoms with van der Waals surface area (Å²) < 4.78 is 12.2. The van der Waals surface area contributed by atoms with Crippen LogP contribution in [0.4, 0.5) is 4.79 Å². The molecular formula is C30H39N7O9. The second-order valence-electron chi connectivity index (χ2n) is 10.8. The number of ether oxygens (including phenoxy) is 2. The molecule has 16 heteroatoms. The van der Waals surface area contributed by atoms with Gasteiger partial charge >= 0.3 is 12.1 Å². The Balaban J connectivity index is 1.46. The van der Waals surface area contributed by atoms with E-state index in [1.54, 1.807) is 47.1 Å². The van der Waals surface area contributed by atoms with Crippen LogP contribution in [-0.4, -0.2) is 142 Å². The molecule has 3 heterocycles. The van der Waals surface area contributed by atoms with Gasteiger partial charge in [-0.3, -0.25) is 24.0 Å². The lowest BCUT2D eigenvalue weighted by Gasteiger charge is -2.35. The maximum Gasteiger partial charge on any atom is 0.409 e. The highest BCUT2D eigenvalue weighted by Crippen LogP contribution is 2.20. The maximum atomic E-state index is 13.4. The summed E-state index contributed by atoms with van der Waals surface area (Å²) in [5.41, 5.74) is 0.443. The van der Waals surface area contributed by atoms with E-state index in [2.05, 4.69) is 10.4 Å². The summed E-state index contributed by atoms with van der Waals surface area (Å²) in [6.45, 7) is 5.52. The molecule has 2 fully saturated rings. The summed E-state index contributed by atoms with van der Waals surface area (Å²) in [7, 11) is 0. The molecule has 1 aromatic carbocycles. The predicted molar refractivity (Wildman–Crippen MR) is 161 cm³/mol. The number of nitrogens with one attached hydrogen (secondary N) is 1. The average molecular weight is 642 g/mol. The van der Waals surface area contributed by atoms with E-state index in [9.17, 15) is 33.9 Å². The zero-order valence-corrected chi connectivity index (χ0v) is 25.9. The number of para-hydroxylation sites is 1. The van der Waals surface area contributed by atoms with Crippen molar-refractivity contribution >= 4 is 35.7 Å². The fourth-order valence-electron chi connectivity index (χ4n) is 5.13. The number of hydrogen-bond donors (Lipinski definition) is 2. The highest BCUT2D eigenvalue weighted by Gasteiger charge is 2.32. The molecule has 16 nitrogen and oxygen atoms in total. The van der Waals surface area contributed by atoms with Crippen LogP contribution in [0.5, 0.6) is 5.88 Å². The first-order valence-corrected chi connectivity index (χ1v) is 15.1. The quantitative estimate of drug-likeness (QED) is 0.344. The number of benzene rings is 1. The highest BCUT2D eigenvalue weighted by molar-refractivity contribution is 5.96. The first-order chi connectivity index (χ1) is 22.1. The fourth-order valence-corrected chi connectivity index (χ4v) is 5.13. The Hall–Kier alpha value is -5.15. The van der Waals surface area contributed by atoms with Crippen LogP contribution < -0.4 is 10.1 Å². The number of amides is 5. The first-order valence-electron chi connectivity index (χ1n) is 15.1. The maximum absolute atomic E-state index is 13.4. The van der Waals surface area contributed by atoms with Crippen molar-refractivity contribution in [3.63, 3.8) is 0 Å². The molecule has 2 aromatic rings. The van der Waals surface area contributed by atoms with Crippen LogP contribution in [0.1, 0.15) is 37.2 Å². The molecule has 0 spiro atoms. The van der Waals surface area contributed by atoms with Crippen LogP contribution in [0.3, 0.4) is 0 Å². The summed E-state index contributed by atoms with van der Waals surface area (Å²) in [4.78, 5) is 81.0. The summed E-state index contributed by atoms with van der Waals surface area (Å²) in [6, 6.07) is 8.99. The molecular weight excluding hydrogens is 602 g/mol. The van der Waals surface area contributed by atoms with Gasteiger partial charge in [0.25, 0.3) is 11.8 Å². The van der Waals surface area contributed by atoms with Gasteiger partial charge in [-0.25, -0.2) is 9.48 Å². The van der Waals surface area contributed by atoms with Crippen molar-refractivity contribution in [3.05, 3.63) is 42.1 Å². The van der Waals surface area contributed by atoms with Crippen molar-refractivity contribution in [1.82, 2.24) is 34.7 Å². The molecule has 2 aliphatic rings. The lowest BCUT2D eigenvalue weighted by molar-refractivity contribution is -0.139. The highest BCUT2D eigenvalue weighted by atomic mass is 16.6. The number of carbonyl (C=O) groups is 6. The number of rotatable bonds is 11. The van der Waals surface area contributed by atoms with Gasteiger partial charge in [0.2, 0.25) is 17.7 Å². The third kappa shape index (κ3) is 8.73. The number of carboxylic acid groups (broad SMARTS) is 1. The smallest absolute Gasteiger partial charge is 0.409 e. The lowest BCUT2D eigenvalue weighted by atomic mass is 10.1. The average Bonchev–Trinajstić information content (AvgIpc) is 3.50. The molecule has 1 atom stereocenters. The second kappa shape index (κ2) is 15.7. The molecule has 46 heavy (non-hydrogen) atoms. The van der Waals surface area contributed by atoms with Crippen molar-refractivity contribution in [3.8, 4) is 11.6 Å². The second-order valence-corrected chi connectivity index (χ2v) is 10.8. The number of carboxylic acids is 1. The number of carbonyl (C=O) groups excluding carboxylic acids is 5. The van der Waals surface area contributed by atoms with Gasteiger partial charge in [-0.05, 0) is 25.5 Å². The number of hydrogen-bond acceptors (Lipinski definition) is 9. The molecule has 2 saturated heterocycles. The van der Waals surface area contributed by atoms with Crippen LogP contribution in [0.2, 0.25) is 0 Å². The molecule has 0 radical (unpaired) electrons. The number of aliphatic carboxylic acids is 1. The van der Waals surface area contributed by atoms with Crippen molar-refractivity contribution < 1.29 is 43.3 Å². The van der Waals surface area contributed by atoms with Crippen molar-refractivity contribution in [2.45, 2.75) is 32.7 Å². The van der Waals surface area contributed by atoms with E-state index in [1.807, 2.05) is 0 Å². The van der Waals surface area contributed by atoms with Crippen LogP contribution in [0.15, 0.2) is 36.4 Å². The third-order valence-corrected chi connectivity index (χ3v) is 7.70. The van der Waals surface area contributed by atoms with Gasteiger partial charge in [0, 0.05) is 71.8 Å². The van der Waals surface area contributed by atoms with Crippen LogP contribution in [0.25, 0.3) is 5.69 Å². The van der Waals surface area contributed by atoms with E-state index in [-0.39, 0.29) is 75.6 Å². The van der Waals surface area contributed by atoms with E-state index >= 15 is 0 Å². The van der Waals surface area contributed by atoms with Gasteiger partial charge in [0.15, 0.2) is 12.3 Å². The number of piperazine rings is 2. The number of nitrogens with zero attached hydrogens (tertiary/aromatic N) is 6. The van der Waals surface area contributed by atoms with Gasteiger partial charge in [-0.2, -0.15) is 5.10 Å². The normalized spacial score (nSPS) is 15.6. The number of aromatic nitrogens is 2. The minimum Gasteiger partial charge on any atom is -0.481 e. The summed E-state index contributed by atoms with van der Waals surface area (Å²) in [5.74, 6) is -2.58. The van der Waals surface area contributed by atoms with E-state index in [4.69, 9.17) is 9.47 Å². The largest absolute Gasteiger partial charge is 0.481 e. The minimum atomic E-state index is -1.17. The van der Waals surface area contributed by atoms with Crippen LogP contribution in [-0.2, 0) is 23.9 Å². The van der Waals surface area contributed by atoms with Gasteiger partial charge < -0.3 is 39.5 Å². The van der Waals surface area contributed by atoms with Crippen molar-refractivity contribution in [2.24, 2.45) is 0 Å². The Morgan fingerprint density at radius 2 is 1.50 bits per heavy atom. The van der Waals surface area contributed by atoms with Gasteiger partial charge in [-0.15, -0.1) is 0 Å². The Labute approximate surface area is 265 Å². The molecule has 5 amide bonds. The molecule has 0 aliphatic carbocycles. The van der Waals surface area contributed by atoms with Crippen molar-refractivity contribution in [2.75, 3.05) is 65.6 Å². The van der Waals surface area contributed by atoms with Gasteiger partial charge in [-0.1, -0.05) is 18.2 Å². The van der Waals surface area contributed by atoms with E-state index < -0.39 is 29.9 Å². The van der Waals surface area contributed by atoms with E-state index in [0.29, 0.717) is 31.9 Å². The fraction of sp³-hybridized carbons (Fsp3) is 0.500. The summed E-state index contributed by atoms with van der Waals surface area (Å²) >= 11 is 0. The van der Waals surface area contributed by atoms with Crippen LogP contribution in [0, 0.1) is 0 Å². The molecule has 0 bridgehead atoms. The third-order valence-electron chi connectivity index (χ3n) is 7.70. The Bertz CT molecular complexity index is 1410. The topological polar surface area (TPSA) is 184 Å². The van der Waals surface area contributed by atoms with Gasteiger partial charge in [0.05, 0.1) is 12.3 Å². The Morgan fingerprint density at radius 3 is 2.11 bits per heavy atom. The van der Waals surface area contributed by atoms with E-state index in [0.717, 1.165) is 0 Å². The lowest BCUT2D eigenvalue weighted by Crippen LogP contribution is -2.56. The monoisotopic (exact) mass is 641 g/mol. The van der Waals surface area contributed by atoms with Gasteiger partial charge in [0.1, 0.15) is 6.04 Å². The zero-order valence-electron chi connectivity index (χ0n) is 25.9. The van der Waals surface area contributed by atoms with E-state index in [1.165, 1.54) is 27.5 Å². The zero-order chi connectivity index (χ0) is 33.2. The Kier molecular flexibility index (Phi) is 11.5. The summed E-state index contributed by atoms with van der Waals surface area (Å²) in [6.07, 6.45) is -1.00. The molecule has 2 N–H and O–H groups in total. The first kappa shape index (κ1) is 33.7. The van der Waals surface area contributed by atoms with Crippen LogP contribution >= 0.6 is 0 Å². The molecule has 4 rings (SSSR count). The molecule has 248 valence electrons. The standard InChI is InChI=1S/C30H39N7O9/c1-3-45-30(44)36-17-15-35(16-18-36)29(43)23(9-10-27(40)41)31-28(42)24-19-26(37(32-24)22-7-5-4-6-8-22)46-20-25(39)34-13-11-33(12-14-34)21(2)38/h4-8,19,23H,3,9-18,20H2,1-2H3,(H,31,42)(H,40,41)/t23-/m0/s1. The molecule has 0 unspecified atom stereocenters. The molecule has 1 aromatic heterocycles. The Morgan fingerprint density at radius 1 is 0.891 bits per heavy atom. The van der Waals surface area contributed by atoms with Crippen molar-refractivity contribution in [1.29, 1.82) is 0 Å². The SMILES string of the molecule is CCOC(=O)N1CCN(C(=O)[C@H](CCC(=O)O)NC(=O)c2cc(OCC(=O)N3CCN(C(C)=O)CC3)n(-c3ccccc3)n2)CC1. The minimum absolute atomic E-state index is 0.0515. The molecule has 0 saturated carbocycles. The summed E-state index contributed by atoms with van der Waals surface area (Å²) in [5, 5.41) is 16.3. The predicted octanol–water partition coefficient (Wildman–Crippen LogP) is 0.206. The molecule has 2 aliphatic heterocycles.